The van der Waals surface area contributed by atoms with Crippen LogP contribution in [0.25, 0.3) is 22.2 Å². The number of aryl methyl sites for hydroxylation is 1. The number of hydrogen-bond donors (Lipinski definition) is 2. The minimum absolute atomic E-state index is 0.208. The second-order valence-electron chi connectivity index (χ2n) is 9.11. The molecule has 0 saturated heterocycles. The van der Waals surface area contributed by atoms with Gasteiger partial charge in [0.15, 0.2) is 5.78 Å². The van der Waals surface area contributed by atoms with E-state index in [1.165, 1.54) is 0 Å². The number of rotatable bonds is 12. The number of imidazole rings is 1. The van der Waals surface area contributed by atoms with Crippen molar-refractivity contribution in [2.24, 2.45) is 0 Å². The summed E-state index contributed by atoms with van der Waals surface area (Å²) in [4.78, 5) is 28.5. The number of carboxylic acid groups (broad SMARTS) is 1. The number of ketones is 1. The number of anilines is 1. The van der Waals surface area contributed by atoms with Crippen molar-refractivity contribution in [3.63, 3.8) is 0 Å². The zero-order valence-corrected chi connectivity index (χ0v) is 21.0. The van der Waals surface area contributed by atoms with Gasteiger partial charge in [-0.25, -0.2) is 9.78 Å². The summed E-state index contributed by atoms with van der Waals surface area (Å²) in [5.74, 6) is 0.326. The summed E-state index contributed by atoms with van der Waals surface area (Å²) in [5, 5.41) is 12.8. The van der Waals surface area contributed by atoms with Crippen molar-refractivity contribution in [1.29, 1.82) is 0 Å². The summed E-state index contributed by atoms with van der Waals surface area (Å²) in [6.45, 7) is 5.18. The lowest BCUT2D eigenvalue weighted by Crippen LogP contribution is -2.13. The van der Waals surface area contributed by atoms with Gasteiger partial charge in [-0.3, -0.25) is 4.79 Å². The fourth-order valence-electron chi connectivity index (χ4n) is 4.45. The number of carbonyl (C=O) groups excluding carboxylic acids is 1. The highest BCUT2D eigenvalue weighted by atomic mass is 16.4. The van der Waals surface area contributed by atoms with Gasteiger partial charge < -0.3 is 15.0 Å². The zero-order chi connectivity index (χ0) is 25.5. The van der Waals surface area contributed by atoms with Crippen LogP contribution in [0.4, 0.5) is 5.69 Å². The Bertz CT molecular complexity index is 1360. The molecule has 4 aromatic rings. The molecule has 186 valence electrons. The number of nitrogens with zero attached hydrogens (tertiary/aromatic N) is 2. The van der Waals surface area contributed by atoms with E-state index in [1.807, 2.05) is 43.3 Å². The van der Waals surface area contributed by atoms with E-state index < -0.39 is 5.97 Å². The molecular formula is C30H33N3O3. The van der Waals surface area contributed by atoms with Crippen LogP contribution in [-0.2, 0) is 17.8 Å². The van der Waals surface area contributed by atoms with Gasteiger partial charge in [0.1, 0.15) is 5.82 Å². The number of unbranched alkanes of at least 4 members (excludes halogenated alkanes) is 1. The molecule has 3 aromatic carbocycles. The number of nitrogens with one attached hydrogen (secondary N) is 1. The number of aromatic nitrogens is 2. The van der Waals surface area contributed by atoms with Crippen LogP contribution in [0.5, 0.6) is 0 Å². The lowest BCUT2D eigenvalue weighted by molar-refractivity contribution is -0.117. The molecule has 0 unspecified atom stereocenters. The average molecular weight is 484 g/mol. The zero-order valence-electron chi connectivity index (χ0n) is 21.0. The monoisotopic (exact) mass is 483 g/mol. The molecule has 0 aliphatic rings. The molecule has 1 aromatic heterocycles. The minimum Gasteiger partial charge on any atom is -0.478 e. The molecule has 1 heterocycles. The number of carbonyl (C=O) groups is 2. The first-order valence-corrected chi connectivity index (χ1v) is 12.7. The Morgan fingerprint density at radius 3 is 2.47 bits per heavy atom. The van der Waals surface area contributed by atoms with E-state index in [-0.39, 0.29) is 5.78 Å². The molecule has 0 aliphatic carbocycles. The first-order chi connectivity index (χ1) is 17.5. The van der Waals surface area contributed by atoms with Gasteiger partial charge in [-0.2, -0.15) is 0 Å². The number of hydrogen-bond acceptors (Lipinski definition) is 4. The van der Waals surface area contributed by atoms with E-state index in [4.69, 9.17) is 4.98 Å². The van der Waals surface area contributed by atoms with Gasteiger partial charge in [-0.15, -0.1) is 0 Å². The number of benzene rings is 3. The predicted molar refractivity (Wildman–Crippen MR) is 145 cm³/mol. The molecule has 2 N–H and O–H groups in total. The van der Waals surface area contributed by atoms with Gasteiger partial charge in [0, 0.05) is 25.1 Å². The highest BCUT2D eigenvalue weighted by Crippen LogP contribution is 2.26. The fourth-order valence-corrected chi connectivity index (χ4v) is 4.45. The number of carboxylic acids is 1. The normalized spacial score (nSPS) is 11.1. The number of fused-ring (bicyclic) bond motifs is 1. The maximum atomic E-state index is 12.0. The molecular weight excluding hydrogens is 450 g/mol. The van der Waals surface area contributed by atoms with E-state index in [0.717, 1.165) is 59.4 Å². The minimum atomic E-state index is -0.930. The molecule has 0 saturated carbocycles. The SMILES string of the molecule is CCCCc1nc2ccc(NCC(=O)CCC)cc2n1Cc1ccc(-c2ccccc2C(=O)O)cc1. The first kappa shape index (κ1) is 25.2. The van der Waals surface area contributed by atoms with E-state index in [1.54, 1.807) is 12.1 Å². The Balaban J connectivity index is 1.63. The quantitative estimate of drug-likeness (QED) is 0.238. The van der Waals surface area contributed by atoms with E-state index in [0.29, 0.717) is 30.6 Å². The second-order valence-corrected chi connectivity index (χ2v) is 9.11. The molecule has 0 amide bonds. The Hall–Kier alpha value is -3.93. The fraction of sp³-hybridized carbons (Fsp3) is 0.300. The second kappa shape index (κ2) is 11.7. The van der Waals surface area contributed by atoms with Crippen LogP contribution >= 0.6 is 0 Å². The van der Waals surface area contributed by atoms with Crippen molar-refractivity contribution in [2.75, 3.05) is 11.9 Å². The topological polar surface area (TPSA) is 84.2 Å². The van der Waals surface area contributed by atoms with Crippen LogP contribution in [0.15, 0.2) is 66.7 Å². The third kappa shape index (κ3) is 5.82. The summed E-state index contributed by atoms with van der Waals surface area (Å²) in [6, 6.07) is 21.2. The van der Waals surface area contributed by atoms with Crippen molar-refractivity contribution in [3.8, 4) is 11.1 Å². The van der Waals surface area contributed by atoms with Crippen molar-refractivity contribution < 1.29 is 14.7 Å². The largest absolute Gasteiger partial charge is 0.478 e. The van der Waals surface area contributed by atoms with Crippen molar-refractivity contribution in [1.82, 2.24) is 9.55 Å². The van der Waals surface area contributed by atoms with Crippen LogP contribution in [0.1, 0.15) is 61.3 Å². The number of Topliss-reactive ketones (excluding diaryl/α,β-unsaturated/α-hetero) is 1. The van der Waals surface area contributed by atoms with Gasteiger partial charge in [0.05, 0.1) is 23.1 Å². The lowest BCUT2D eigenvalue weighted by atomic mass is 9.99. The Morgan fingerprint density at radius 2 is 1.75 bits per heavy atom. The van der Waals surface area contributed by atoms with Crippen LogP contribution in [-0.4, -0.2) is 33.0 Å². The smallest absolute Gasteiger partial charge is 0.336 e. The van der Waals surface area contributed by atoms with Crippen molar-refractivity contribution in [2.45, 2.75) is 52.5 Å². The third-order valence-electron chi connectivity index (χ3n) is 6.36. The third-order valence-corrected chi connectivity index (χ3v) is 6.36. The molecule has 0 spiro atoms. The summed E-state index contributed by atoms with van der Waals surface area (Å²) in [5.41, 5.74) is 5.89. The van der Waals surface area contributed by atoms with Crippen LogP contribution < -0.4 is 5.32 Å². The molecule has 0 atom stereocenters. The molecule has 4 rings (SSSR count). The highest BCUT2D eigenvalue weighted by Gasteiger charge is 2.14. The van der Waals surface area contributed by atoms with E-state index >= 15 is 0 Å². The van der Waals surface area contributed by atoms with Gasteiger partial charge in [0.2, 0.25) is 0 Å². The lowest BCUT2D eigenvalue weighted by Gasteiger charge is -2.12. The van der Waals surface area contributed by atoms with Gasteiger partial charge in [0.25, 0.3) is 0 Å². The van der Waals surface area contributed by atoms with Gasteiger partial charge in [-0.1, -0.05) is 62.7 Å². The standard InChI is InChI=1S/C30H33N3O3/c1-3-5-11-29-32-27-17-16-23(31-19-24(34)8-4-2)18-28(27)33(29)20-21-12-14-22(15-13-21)25-9-6-7-10-26(25)30(35)36/h6-7,9-10,12-18,31H,3-5,8,11,19-20H2,1-2H3,(H,35,36). The Morgan fingerprint density at radius 1 is 0.972 bits per heavy atom. The number of aromatic carboxylic acids is 1. The molecule has 0 bridgehead atoms. The van der Waals surface area contributed by atoms with Crippen LogP contribution in [0, 0.1) is 0 Å². The first-order valence-electron chi connectivity index (χ1n) is 12.7. The van der Waals surface area contributed by atoms with Crippen molar-refractivity contribution in [3.05, 3.63) is 83.7 Å². The summed E-state index contributed by atoms with van der Waals surface area (Å²) in [7, 11) is 0. The average Bonchev–Trinajstić information content (AvgIpc) is 3.23. The highest BCUT2D eigenvalue weighted by molar-refractivity contribution is 5.96. The van der Waals surface area contributed by atoms with E-state index in [9.17, 15) is 14.7 Å². The van der Waals surface area contributed by atoms with E-state index in [2.05, 4.69) is 35.0 Å². The molecule has 0 fully saturated rings. The maximum Gasteiger partial charge on any atom is 0.336 e. The Kier molecular flexibility index (Phi) is 8.16. The molecule has 36 heavy (non-hydrogen) atoms. The molecule has 6 nitrogen and oxygen atoms in total. The molecule has 0 aliphatic heterocycles. The van der Waals surface area contributed by atoms with Gasteiger partial charge in [-0.05, 0) is 53.8 Å². The molecule has 0 radical (unpaired) electrons. The summed E-state index contributed by atoms with van der Waals surface area (Å²) >= 11 is 0. The van der Waals surface area contributed by atoms with Gasteiger partial charge >= 0.3 is 5.97 Å². The predicted octanol–water partition coefficient (Wildman–Crippen LogP) is 6.57. The Labute approximate surface area is 212 Å². The van der Waals surface area contributed by atoms with Crippen LogP contribution in [0.2, 0.25) is 0 Å². The summed E-state index contributed by atoms with van der Waals surface area (Å²) in [6.07, 6.45) is 4.49. The van der Waals surface area contributed by atoms with Crippen LogP contribution in [0.3, 0.4) is 0 Å². The van der Waals surface area contributed by atoms with Crippen molar-refractivity contribution >= 4 is 28.5 Å². The summed E-state index contributed by atoms with van der Waals surface area (Å²) < 4.78 is 2.25. The molecule has 6 heteroatoms. The maximum absolute atomic E-state index is 12.0.